The minimum absolute atomic E-state index is 0.0145. The number of pyridine rings is 1. The lowest BCUT2D eigenvalue weighted by Crippen LogP contribution is -2.54. The molecule has 8 nitrogen and oxygen atoms in total. The molecule has 0 bridgehead atoms. The van der Waals surface area contributed by atoms with Gasteiger partial charge in [0, 0.05) is 37.4 Å². The third-order valence-corrected chi connectivity index (χ3v) is 5.26. The lowest BCUT2D eigenvalue weighted by atomic mass is 10.2. The zero-order valence-electron chi connectivity index (χ0n) is 16.6. The van der Waals surface area contributed by atoms with E-state index >= 15 is 0 Å². The zero-order valence-corrected chi connectivity index (χ0v) is 18.1. The quantitative estimate of drug-likeness (QED) is 0.642. The van der Waals surface area contributed by atoms with E-state index in [1.807, 2.05) is 4.90 Å². The number of rotatable bonds is 4. The van der Waals surface area contributed by atoms with Gasteiger partial charge in [-0.2, -0.15) is 13.2 Å². The van der Waals surface area contributed by atoms with Crippen LogP contribution in [-0.4, -0.2) is 54.5 Å². The van der Waals surface area contributed by atoms with Crippen LogP contribution in [0, 0.1) is 0 Å². The maximum absolute atomic E-state index is 12.8. The van der Waals surface area contributed by atoms with E-state index in [0.29, 0.717) is 36.9 Å². The molecule has 0 radical (unpaired) electrons. The van der Waals surface area contributed by atoms with Crippen molar-refractivity contribution in [1.29, 1.82) is 0 Å². The van der Waals surface area contributed by atoms with Crippen LogP contribution in [-0.2, 0) is 11.0 Å². The van der Waals surface area contributed by atoms with Gasteiger partial charge in [0.1, 0.15) is 5.82 Å². The number of carbonyl (C=O) groups excluding carboxylic acids is 2. The molecule has 32 heavy (non-hydrogen) atoms. The van der Waals surface area contributed by atoms with Crippen LogP contribution in [0.2, 0.25) is 10.0 Å². The highest BCUT2D eigenvalue weighted by Crippen LogP contribution is 2.33. The van der Waals surface area contributed by atoms with Gasteiger partial charge in [-0.05, 0) is 30.3 Å². The van der Waals surface area contributed by atoms with Gasteiger partial charge in [0.15, 0.2) is 0 Å². The van der Waals surface area contributed by atoms with E-state index in [9.17, 15) is 22.8 Å². The summed E-state index contributed by atoms with van der Waals surface area (Å²) in [6.07, 6.45) is -3.78. The summed E-state index contributed by atoms with van der Waals surface area (Å²) in [4.78, 5) is 31.6. The van der Waals surface area contributed by atoms with Crippen LogP contribution in [0.4, 0.5) is 29.5 Å². The van der Waals surface area contributed by atoms with Crippen LogP contribution in [0.1, 0.15) is 5.56 Å². The molecule has 0 aliphatic carbocycles. The number of nitrogens with zero attached hydrogens (tertiary/aromatic N) is 4. The van der Waals surface area contributed by atoms with Gasteiger partial charge in [0.25, 0.3) is 5.91 Å². The van der Waals surface area contributed by atoms with E-state index in [1.165, 1.54) is 12.1 Å². The van der Waals surface area contributed by atoms with Gasteiger partial charge in [-0.1, -0.05) is 23.2 Å². The van der Waals surface area contributed by atoms with Gasteiger partial charge in [-0.3, -0.25) is 15.1 Å². The SMILES string of the molecule is NC(=O)N(NC(=O)CN1CCN(c2ncc(C(F)(F)F)cc2Cl)CC1)c1ccc(Cl)cc1. The van der Waals surface area contributed by atoms with Crippen LogP contribution < -0.4 is 21.1 Å². The second-order valence-electron chi connectivity index (χ2n) is 6.98. The number of alkyl halides is 3. The molecule has 1 aliphatic rings. The molecule has 0 atom stereocenters. The summed E-state index contributed by atoms with van der Waals surface area (Å²) in [6.45, 7) is 1.66. The molecule has 172 valence electrons. The van der Waals surface area contributed by atoms with Crippen molar-refractivity contribution in [1.82, 2.24) is 15.3 Å². The molecule has 13 heteroatoms. The average Bonchev–Trinajstić information content (AvgIpc) is 2.72. The first-order valence-electron chi connectivity index (χ1n) is 9.39. The standard InChI is InChI=1S/C19H19Cl2F3N6O2/c20-13-1-3-14(4-2-13)30(18(25)32)27-16(31)11-28-5-7-29(8-6-28)17-15(21)9-12(10-26-17)19(22,23)24/h1-4,9-10H,5-8,11H2,(H2,25,32)(H,27,31). The molecule has 0 unspecified atom stereocenters. The molecule has 0 spiro atoms. The number of amides is 3. The fourth-order valence-electron chi connectivity index (χ4n) is 3.14. The number of benzene rings is 1. The van der Waals surface area contributed by atoms with Gasteiger partial charge >= 0.3 is 12.2 Å². The number of hydrazine groups is 1. The molecule has 1 aliphatic heterocycles. The number of piperazine rings is 1. The Balaban J connectivity index is 1.56. The smallest absolute Gasteiger partial charge is 0.353 e. The Morgan fingerprint density at radius 1 is 1.12 bits per heavy atom. The highest BCUT2D eigenvalue weighted by Gasteiger charge is 2.32. The second kappa shape index (κ2) is 9.80. The number of carbonyl (C=O) groups is 2. The van der Waals surface area contributed by atoms with E-state index < -0.39 is 23.7 Å². The molecule has 1 aromatic carbocycles. The Kier molecular flexibility index (Phi) is 7.32. The topological polar surface area (TPSA) is 94.8 Å². The van der Waals surface area contributed by atoms with Crippen LogP contribution in [0.15, 0.2) is 36.5 Å². The Labute approximate surface area is 191 Å². The first-order valence-corrected chi connectivity index (χ1v) is 10.1. The van der Waals surface area contributed by atoms with E-state index in [-0.39, 0.29) is 17.4 Å². The lowest BCUT2D eigenvalue weighted by Gasteiger charge is -2.35. The molecule has 3 amide bonds. The van der Waals surface area contributed by atoms with Gasteiger partial charge in [-0.15, -0.1) is 0 Å². The highest BCUT2D eigenvalue weighted by molar-refractivity contribution is 6.33. The van der Waals surface area contributed by atoms with Crippen molar-refractivity contribution in [3.8, 4) is 0 Å². The maximum Gasteiger partial charge on any atom is 0.417 e. The summed E-state index contributed by atoms with van der Waals surface area (Å²) in [6, 6.07) is 6.16. The number of hydrogen-bond acceptors (Lipinski definition) is 5. The lowest BCUT2D eigenvalue weighted by molar-refractivity contribution is -0.137. The van der Waals surface area contributed by atoms with Crippen LogP contribution in [0.3, 0.4) is 0 Å². The third-order valence-electron chi connectivity index (χ3n) is 4.73. The van der Waals surface area contributed by atoms with E-state index in [1.54, 1.807) is 17.0 Å². The van der Waals surface area contributed by atoms with Crippen molar-refractivity contribution in [2.75, 3.05) is 42.6 Å². The fraction of sp³-hybridized carbons (Fsp3) is 0.316. The van der Waals surface area contributed by atoms with Crippen molar-refractivity contribution in [2.24, 2.45) is 5.73 Å². The first-order chi connectivity index (χ1) is 15.0. The molecular formula is C19H19Cl2F3N6O2. The summed E-state index contributed by atoms with van der Waals surface area (Å²) in [5.41, 5.74) is 7.24. The Bertz CT molecular complexity index is 982. The Morgan fingerprint density at radius 2 is 1.75 bits per heavy atom. The molecule has 3 N–H and O–H groups in total. The number of hydrogen-bond donors (Lipinski definition) is 2. The minimum Gasteiger partial charge on any atom is -0.353 e. The third kappa shape index (κ3) is 5.93. The fourth-order valence-corrected chi connectivity index (χ4v) is 3.55. The molecule has 2 heterocycles. The number of halogens is 5. The maximum atomic E-state index is 12.8. The van der Waals surface area contributed by atoms with Gasteiger partial charge in [-0.25, -0.2) is 14.8 Å². The molecule has 0 saturated carbocycles. The number of urea groups is 1. The largest absolute Gasteiger partial charge is 0.417 e. The van der Waals surface area contributed by atoms with Crippen LogP contribution in [0.5, 0.6) is 0 Å². The Morgan fingerprint density at radius 3 is 2.28 bits per heavy atom. The number of nitrogens with one attached hydrogen (secondary N) is 1. The molecule has 1 saturated heterocycles. The van der Waals surface area contributed by atoms with Gasteiger partial charge in [0.2, 0.25) is 0 Å². The molecule has 1 fully saturated rings. The number of aromatic nitrogens is 1. The van der Waals surface area contributed by atoms with Crippen molar-refractivity contribution in [3.63, 3.8) is 0 Å². The normalized spacial score (nSPS) is 14.8. The zero-order chi connectivity index (χ0) is 23.5. The van der Waals surface area contributed by atoms with E-state index in [4.69, 9.17) is 28.9 Å². The summed E-state index contributed by atoms with van der Waals surface area (Å²) in [7, 11) is 0. The van der Waals surface area contributed by atoms with Crippen LogP contribution >= 0.6 is 23.2 Å². The summed E-state index contributed by atoms with van der Waals surface area (Å²) in [5.74, 6) is -0.204. The van der Waals surface area contributed by atoms with E-state index in [2.05, 4.69) is 10.4 Å². The molecule has 3 rings (SSSR count). The number of primary amides is 1. The summed E-state index contributed by atoms with van der Waals surface area (Å²) >= 11 is 11.8. The van der Waals surface area contributed by atoms with Crippen molar-refractivity contribution in [3.05, 3.63) is 52.1 Å². The average molecular weight is 491 g/mol. The van der Waals surface area contributed by atoms with Crippen molar-refractivity contribution >= 4 is 46.6 Å². The molecule has 2 aromatic rings. The van der Waals surface area contributed by atoms with Crippen molar-refractivity contribution < 1.29 is 22.8 Å². The van der Waals surface area contributed by atoms with E-state index in [0.717, 1.165) is 17.3 Å². The van der Waals surface area contributed by atoms with Crippen molar-refractivity contribution in [2.45, 2.75) is 6.18 Å². The first kappa shape index (κ1) is 23.9. The second-order valence-corrected chi connectivity index (χ2v) is 7.82. The predicted molar refractivity (Wildman–Crippen MR) is 115 cm³/mol. The monoisotopic (exact) mass is 490 g/mol. The number of anilines is 2. The number of nitrogens with two attached hydrogens (primary N) is 1. The van der Waals surface area contributed by atoms with Crippen LogP contribution in [0.25, 0.3) is 0 Å². The summed E-state index contributed by atoms with van der Waals surface area (Å²) in [5, 5.41) is 1.29. The van der Waals surface area contributed by atoms with Gasteiger partial charge < -0.3 is 10.6 Å². The highest BCUT2D eigenvalue weighted by atomic mass is 35.5. The summed E-state index contributed by atoms with van der Waals surface area (Å²) < 4.78 is 38.4. The van der Waals surface area contributed by atoms with Gasteiger partial charge in [0.05, 0.1) is 22.8 Å². The Hall–Kier alpha value is -2.76. The predicted octanol–water partition coefficient (Wildman–Crippen LogP) is 3.15. The molecule has 1 aromatic heterocycles. The minimum atomic E-state index is -4.52. The molecular weight excluding hydrogens is 472 g/mol.